The van der Waals surface area contributed by atoms with Crippen molar-refractivity contribution >= 4 is 18.0 Å². The Kier molecular flexibility index (Phi) is 9.14. The molecule has 2 atom stereocenters. The summed E-state index contributed by atoms with van der Waals surface area (Å²) < 4.78 is 10.1. The molecule has 2 rings (SSSR count). The lowest BCUT2D eigenvalue weighted by Crippen LogP contribution is -2.52. The van der Waals surface area contributed by atoms with Gasteiger partial charge in [-0.05, 0) is 71.3 Å². The number of methoxy groups -OCH3 is 1. The number of hydrogen-bond acceptors (Lipinski definition) is 5. The van der Waals surface area contributed by atoms with E-state index in [4.69, 9.17) is 4.74 Å². The molecule has 1 aliphatic heterocycles. The summed E-state index contributed by atoms with van der Waals surface area (Å²) >= 11 is 0. The van der Waals surface area contributed by atoms with Crippen molar-refractivity contribution in [1.29, 1.82) is 0 Å². The van der Waals surface area contributed by atoms with Crippen LogP contribution >= 0.6 is 0 Å². The predicted octanol–water partition coefficient (Wildman–Crippen LogP) is 4.62. The normalized spacial score (nSPS) is 23.5. The summed E-state index contributed by atoms with van der Waals surface area (Å²) in [7, 11) is 1.36. The van der Waals surface area contributed by atoms with Gasteiger partial charge in [-0.3, -0.25) is 4.79 Å². The van der Waals surface area contributed by atoms with Gasteiger partial charge in [-0.25, -0.2) is 9.59 Å². The first-order valence-electron chi connectivity index (χ1n) is 11.3. The van der Waals surface area contributed by atoms with Crippen LogP contribution in [-0.4, -0.2) is 55.2 Å². The number of alkyl carbamates (subject to hydrolysis) is 1. The Morgan fingerprint density at radius 1 is 1.26 bits per heavy atom. The minimum Gasteiger partial charge on any atom is -0.453 e. The van der Waals surface area contributed by atoms with Crippen molar-refractivity contribution in [1.82, 2.24) is 10.2 Å². The summed E-state index contributed by atoms with van der Waals surface area (Å²) in [4.78, 5) is 37.4. The van der Waals surface area contributed by atoms with Crippen LogP contribution < -0.4 is 5.32 Å². The van der Waals surface area contributed by atoms with E-state index in [0.717, 1.165) is 38.5 Å². The van der Waals surface area contributed by atoms with Crippen LogP contribution in [0.15, 0.2) is 24.3 Å². The smallest absolute Gasteiger partial charge is 0.410 e. The number of nitrogens with one attached hydrogen (secondary N) is 1. The summed E-state index contributed by atoms with van der Waals surface area (Å²) in [6.45, 7) is 7.49. The Bertz CT molecular complexity index is 695. The molecule has 1 heterocycles. The highest BCUT2D eigenvalue weighted by atomic mass is 16.6. The molecule has 2 amide bonds. The van der Waals surface area contributed by atoms with E-state index in [9.17, 15) is 14.4 Å². The molecule has 0 spiro atoms. The van der Waals surface area contributed by atoms with Gasteiger partial charge in [0.1, 0.15) is 5.60 Å². The molecule has 7 nitrogen and oxygen atoms in total. The molecule has 0 unspecified atom stereocenters. The van der Waals surface area contributed by atoms with Crippen LogP contribution in [-0.2, 0) is 14.3 Å². The van der Waals surface area contributed by atoms with Crippen LogP contribution in [0, 0.1) is 11.3 Å². The molecule has 0 saturated carbocycles. The third-order valence-electron chi connectivity index (χ3n) is 5.94. The number of piperidine rings is 1. The number of ether oxygens (including phenoxy) is 2. The van der Waals surface area contributed by atoms with Gasteiger partial charge < -0.3 is 19.7 Å². The summed E-state index contributed by atoms with van der Waals surface area (Å²) in [6, 6.07) is 0. The zero-order valence-electron chi connectivity index (χ0n) is 19.4. The van der Waals surface area contributed by atoms with E-state index in [2.05, 4.69) is 22.2 Å². The molecule has 1 N–H and O–H groups in total. The monoisotopic (exact) mass is 434 g/mol. The maximum absolute atomic E-state index is 12.6. The van der Waals surface area contributed by atoms with Crippen LogP contribution in [0.2, 0.25) is 0 Å². The van der Waals surface area contributed by atoms with Crippen molar-refractivity contribution in [2.75, 3.05) is 26.7 Å². The van der Waals surface area contributed by atoms with E-state index < -0.39 is 11.7 Å². The van der Waals surface area contributed by atoms with Gasteiger partial charge in [-0.15, -0.1) is 0 Å². The Morgan fingerprint density at radius 2 is 2.00 bits per heavy atom. The average Bonchev–Trinajstić information content (AvgIpc) is 2.71. The molecule has 31 heavy (non-hydrogen) atoms. The SMILES string of the molecule is COC(=O)NCCCC/C=C\CC[C@@]12C=CC(=O)C[C@@H]1CCN(C(=O)OC(C)(C)C)C2. The van der Waals surface area contributed by atoms with Crippen molar-refractivity contribution < 1.29 is 23.9 Å². The minimum atomic E-state index is -0.519. The van der Waals surface area contributed by atoms with E-state index >= 15 is 0 Å². The fraction of sp³-hybridized carbons (Fsp3) is 0.708. The van der Waals surface area contributed by atoms with E-state index in [-0.39, 0.29) is 23.2 Å². The third kappa shape index (κ3) is 8.04. The summed E-state index contributed by atoms with van der Waals surface area (Å²) in [5.41, 5.74) is -0.688. The third-order valence-corrected chi connectivity index (χ3v) is 5.94. The van der Waals surface area contributed by atoms with Gasteiger partial charge in [0.05, 0.1) is 7.11 Å². The lowest BCUT2D eigenvalue weighted by atomic mass is 9.64. The highest BCUT2D eigenvalue weighted by Gasteiger charge is 2.45. The van der Waals surface area contributed by atoms with Crippen molar-refractivity contribution in [2.24, 2.45) is 11.3 Å². The maximum Gasteiger partial charge on any atom is 0.410 e. The highest BCUT2D eigenvalue weighted by molar-refractivity contribution is 5.91. The molecule has 0 radical (unpaired) electrons. The summed E-state index contributed by atoms with van der Waals surface area (Å²) in [5.74, 6) is 0.462. The van der Waals surface area contributed by atoms with Crippen molar-refractivity contribution in [3.05, 3.63) is 24.3 Å². The molecule has 2 aliphatic rings. The number of nitrogens with zero attached hydrogens (tertiary/aromatic N) is 1. The number of allylic oxidation sites excluding steroid dienone is 3. The fourth-order valence-corrected chi connectivity index (χ4v) is 4.31. The number of unbranched alkanes of at least 4 members (excludes halogenated alkanes) is 2. The molecule has 0 aromatic rings. The maximum atomic E-state index is 12.6. The molecule has 1 saturated heterocycles. The van der Waals surface area contributed by atoms with Gasteiger partial charge in [-0.2, -0.15) is 0 Å². The van der Waals surface area contributed by atoms with E-state index in [1.54, 1.807) is 11.0 Å². The number of amides is 2. The topological polar surface area (TPSA) is 84.9 Å². The zero-order chi connectivity index (χ0) is 22.9. The Labute approximate surface area is 186 Å². The first-order valence-corrected chi connectivity index (χ1v) is 11.3. The van der Waals surface area contributed by atoms with Gasteiger partial charge in [0.25, 0.3) is 0 Å². The Balaban J connectivity index is 1.86. The highest BCUT2D eigenvalue weighted by Crippen LogP contribution is 2.45. The quantitative estimate of drug-likeness (QED) is 0.445. The molecule has 0 aromatic carbocycles. The zero-order valence-corrected chi connectivity index (χ0v) is 19.4. The lowest BCUT2D eigenvalue weighted by Gasteiger charge is -2.48. The van der Waals surface area contributed by atoms with Gasteiger partial charge in [0.15, 0.2) is 5.78 Å². The van der Waals surface area contributed by atoms with Crippen molar-refractivity contribution in [2.45, 2.75) is 71.3 Å². The number of rotatable bonds is 8. The predicted molar refractivity (Wildman–Crippen MR) is 120 cm³/mol. The first-order chi connectivity index (χ1) is 14.6. The van der Waals surface area contributed by atoms with Crippen LogP contribution in [0.5, 0.6) is 0 Å². The second-order valence-corrected chi connectivity index (χ2v) is 9.55. The fourth-order valence-electron chi connectivity index (χ4n) is 4.31. The molecular formula is C24H38N2O5. The molecule has 7 heteroatoms. The number of ketones is 1. The van der Waals surface area contributed by atoms with Crippen LogP contribution in [0.4, 0.5) is 9.59 Å². The van der Waals surface area contributed by atoms with Crippen LogP contribution in [0.25, 0.3) is 0 Å². The van der Waals surface area contributed by atoms with Gasteiger partial charge in [-0.1, -0.05) is 18.2 Å². The second-order valence-electron chi connectivity index (χ2n) is 9.55. The molecule has 0 bridgehead atoms. The summed E-state index contributed by atoms with van der Waals surface area (Å²) in [6.07, 6.45) is 13.5. The molecule has 174 valence electrons. The molecule has 0 aromatic heterocycles. The Morgan fingerprint density at radius 3 is 2.71 bits per heavy atom. The average molecular weight is 435 g/mol. The Hall–Kier alpha value is -2.31. The standard InChI is InChI=1S/C24H38N2O5/c1-23(2,3)31-22(29)26-16-12-19-17-20(27)11-14-24(19,18-26)13-9-7-5-6-8-10-15-25-21(28)30-4/h5,7,11,14,19H,6,8-10,12-13,15-18H2,1-4H3,(H,25,28)/b7-5-/t19-,24-/m0/s1. The van der Waals surface area contributed by atoms with Crippen LogP contribution in [0.3, 0.4) is 0 Å². The number of fused-ring (bicyclic) bond motifs is 1. The minimum absolute atomic E-state index is 0.169. The van der Waals surface area contributed by atoms with E-state index in [0.29, 0.717) is 26.1 Å². The van der Waals surface area contributed by atoms with Gasteiger partial charge in [0, 0.05) is 31.5 Å². The van der Waals surface area contributed by atoms with E-state index in [1.807, 2.05) is 26.8 Å². The van der Waals surface area contributed by atoms with E-state index in [1.165, 1.54) is 7.11 Å². The number of likely N-dealkylation sites (tertiary alicyclic amines) is 1. The van der Waals surface area contributed by atoms with Gasteiger partial charge >= 0.3 is 12.2 Å². The van der Waals surface area contributed by atoms with Gasteiger partial charge in [0.2, 0.25) is 0 Å². The first kappa shape index (κ1) is 25.0. The molecular weight excluding hydrogens is 396 g/mol. The van der Waals surface area contributed by atoms with Crippen LogP contribution in [0.1, 0.15) is 65.7 Å². The largest absolute Gasteiger partial charge is 0.453 e. The number of hydrogen-bond donors (Lipinski definition) is 1. The summed E-state index contributed by atoms with van der Waals surface area (Å²) in [5, 5.41) is 2.68. The molecule has 1 fully saturated rings. The molecule has 1 aliphatic carbocycles. The van der Waals surface area contributed by atoms with Crippen molar-refractivity contribution in [3.8, 4) is 0 Å². The number of carbonyl (C=O) groups is 3. The van der Waals surface area contributed by atoms with Crippen molar-refractivity contribution in [3.63, 3.8) is 0 Å². The second kappa shape index (κ2) is 11.3. The number of carbonyl (C=O) groups excluding carboxylic acids is 3. The lowest BCUT2D eigenvalue weighted by molar-refractivity contribution is -0.118.